The van der Waals surface area contributed by atoms with Gasteiger partial charge in [-0.2, -0.15) is 0 Å². The van der Waals surface area contributed by atoms with Gasteiger partial charge in [-0.25, -0.2) is 0 Å². The molecule has 38 heavy (non-hydrogen) atoms. The maximum absolute atomic E-state index is 2.53. The molecular weight excluding hydrogens is 456 g/mol. The van der Waals surface area contributed by atoms with Crippen LogP contribution in [0.3, 0.4) is 0 Å². The van der Waals surface area contributed by atoms with Gasteiger partial charge in [0.15, 0.2) is 0 Å². The van der Waals surface area contributed by atoms with Gasteiger partial charge in [0.1, 0.15) is 0 Å². The van der Waals surface area contributed by atoms with Crippen molar-refractivity contribution in [2.45, 2.75) is 6.42 Å². The van der Waals surface area contributed by atoms with Crippen molar-refractivity contribution in [3.8, 4) is 0 Å². The largest absolute Gasteiger partial charge is 0.0795 e. The average molecular weight is 476 g/mol. The molecule has 0 aromatic heterocycles. The zero-order valence-corrected chi connectivity index (χ0v) is 20.5. The molecular formula is C38H19+. The average Bonchev–Trinajstić information content (AvgIpc) is 2.95. The van der Waals surface area contributed by atoms with Gasteiger partial charge in [-0.1, -0.05) is 42.5 Å². The van der Waals surface area contributed by atoms with Gasteiger partial charge in [0.05, 0.1) is 22.6 Å². The molecule has 0 N–H and O–H groups in total. The Balaban J connectivity index is 1.54. The van der Waals surface area contributed by atoms with Gasteiger partial charge in [-0.05, 0) is 87.6 Å². The molecule has 0 heterocycles. The Morgan fingerprint density at radius 2 is 1.05 bits per heavy atom. The van der Waals surface area contributed by atoms with Gasteiger partial charge in [0.2, 0.25) is 0 Å². The molecule has 0 saturated carbocycles. The molecule has 4 aliphatic rings. The van der Waals surface area contributed by atoms with Crippen molar-refractivity contribution in [3.05, 3.63) is 131 Å². The van der Waals surface area contributed by atoms with E-state index in [1.54, 1.807) is 0 Å². The van der Waals surface area contributed by atoms with E-state index in [9.17, 15) is 0 Å². The van der Waals surface area contributed by atoms with Gasteiger partial charge in [-0.3, -0.25) is 0 Å². The third-order valence-corrected chi connectivity index (χ3v) is 9.63. The number of hydrogen-bond donors (Lipinski definition) is 0. The number of hydrogen-bond acceptors (Lipinski definition) is 0. The second-order valence-electron chi connectivity index (χ2n) is 11.4. The first kappa shape index (κ1) is 18.4. The van der Waals surface area contributed by atoms with Gasteiger partial charge in [0.25, 0.3) is 0 Å². The summed E-state index contributed by atoms with van der Waals surface area (Å²) in [5.41, 5.74) is 7.05. The van der Waals surface area contributed by atoms with E-state index in [4.69, 9.17) is 0 Å². The van der Waals surface area contributed by atoms with E-state index >= 15 is 0 Å². The van der Waals surface area contributed by atoms with Crippen molar-refractivity contribution in [2.75, 3.05) is 0 Å². The second-order valence-corrected chi connectivity index (χ2v) is 11.4. The quantitative estimate of drug-likeness (QED) is 0.116. The molecule has 4 aliphatic carbocycles. The highest BCUT2D eigenvalue weighted by Crippen LogP contribution is 2.55. The monoisotopic (exact) mass is 475 g/mol. The van der Waals surface area contributed by atoms with Crippen LogP contribution in [0.5, 0.6) is 0 Å². The van der Waals surface area contributed by atoms with Crippen LogP contribution in [0, 0.1) is 5.92 Å². The lowest BCUT2D eigenvalue weighted by molar-refractivity contribution is 1.27. The maximum atomic E-state index is 2.53. The van der Waals surface area contributed by atoms with E-state index in [0.717, 1.165) is 6.42 Å². The zero-order valence-electron chi connectivity index (χ0n) is 20.5. The summed E-state index contributed by atoms with van der Waals surface area (Å²) >= 11 is 0. The molecule has 0 bridgehead atoms. The van der Waals surface area contributed by atoms with Crippen LogP contribution in [0.15, 0.2) is 97.1 Å². The number of rotatable bonds is 0. The Labute approximate surface area is 218 Å². The molecule has 0 nitrogen and oxygen atoms in total. The summed E-state index contributed by atoms with van der Waals surface area (Å²) in [4.78, 5) is 0. The van der Waals surface area contributed by atoms with Crippen molar-refractivity contribution >= 4 is 81.5 Å². The SMILES string of the molecule is C1=Cc2cc3cccc4cc5c6cc7cccc8cc9cccc%10cc(c%11cc(c2c(c34)c%115)C1)[C+]6c(c%109)c78. The molecule has 0 saturated heterocycles. The normalized spacial score (nSPS) is 14.6. The maximum Gasteiger partial charge on any atom is 0.0719 e. The van der Waals surface area contributed by atoms with E-state index in [1.807, 2.05) is 0 Å². The van der Waals surface area contributed by atoms with Crippen molar-refractivity contribution < 1.29 is 0 Å². The van der Waals surface area contributed by atoms with Gasteiger partial charge in [-0.15, -0.1) is 0 Å². The fourth-order valence-corrected chi connectivity index (χ4v) is 8.29. The fourth-order valence-electron chi connectivity index (χ4n) is 8.29. The minimum Gasteiger partial charge on any atom is -0.0795 e. The number of benzene rings is 7. The summed E-state index contributed by atoms with van der Waals surface area (Å²) in [6.07, 6.45) is 5.67. The minimum atomic E-state index is 0.994. The van der Waals surface area contributed by atoms with Gasteiger partial charge in [0, 0.05) is 66.0 Å². The molecule has 0 fully saturated rings. The smallest absolute Gasteiger partial charge is 0.0719 e. The van der Waals surface area contributed by atoms with Crippen molar-refractivity contribution in [1.29, 1.82) is 0 Å². The van der Waals surface area contributed by atoms with E-state index in [-0.39, 0.29) is 0 Å². The molecule has 7 aromatic rings. The predicted molar refractivity (Wildman–Crippen MR) is 162 cm³/mol. The molecule has 0 spiro atoms. The highest BCUT2D eigenvalue weighted by molar-refractivity contribution is 6.35. The highest BCUT2D eigenvalue weighted by atomic mass is 14.4. The van der Waals surface area contributed by atoms with Crippen LogP contribution < -0.4 is 0 Å². The molecule has 7 aromatic carbocycles. The highest BCUT2D eigenvalue weighted by Gasteiger charge is 2.39. The summed E-state index contributed by atoms with van der Waals surface area (Å²) in [5.74, 6) is 1.43. The standard InChI is InChI=1S/C38H19/c1-5-19-13-20-6-2-10-24-17-29-30-18-26-12-4-8-22-14-21-7-3-11-25-16-28(36(30)38(33(21)25)34(22)26)27-15-23(9-1)31(19)37(32(20)24)35(27)29/h1-11,13-18H,12H2/q+1. The van der Waals surface area contributed by atoms with Crippen LogP contribution in [-0.4, -0.2) is 0 Å². The van der Waals surface area contributed by atoms with E-state index < -0.39 is 0 Å². The van der Waals surface area contributed by atoms with Crippen LogP contribution in [0.1, 0.15) is 27.8 Å². The van der Waals surface area contributed by atoms with E-state index in [2.05, 4.69) is 103 Å². The van der Waals surface area contributed by atoms with Crippen molar-refractivity contribution in [1.82, 2.24) is 0 Å². The predicted octanol–water partition coefficient (Wildman–Crippen LogP) is 9.97. The first-order valence-corrected chi connectivity index (χ1v) is 13.6. The minimum absolute atomic E-state index is 0.994. The fraction of sp³-hybridized carbons (Fsp3) is 0.0263. The van der Waals surface area contributed by atoms with Crippen molar-refractivity contribution in [2.24, 2.45) is 0 Å². The van der Waals surface area contributed by atoms with Crippen LogP contribution in [-0.2, 0) is 6.42 Å². The Morgan fingerprint density at radius 3 is 1.74 bits per heavy atom. The molecule has 0 amide bonds. The molecule has 0 unspecified atom stereocenters. The summed E-state index contributed by atoms with van der Waals surface area (Å²) in [5, 5.41) is 19.5. The zero-order chi connectivity index (χ0) is 24.3. The molecule has 0 heteroatoms. The summed E-state index contributed by atoms with van der Waals surface area (Å²) < 4.78 is 0. The van der Waals surface area contributed by atoms with Gasteiger partial charge < -0.3 is 0 Å². The van der Waals surface area contributed by atoms with Crippen LogP contribution in [0.25, 0.3) is 81.5 Å². The first-order chi connectivity index (χ1) is 18.8. The second kappa shape index (κ2) is 5.85. The van der Waals surface area contributed by atoms with Gasteiger partial charge >= 0.3 is 0 Å². The van der Waals surface area contributed by atoms with Crippen LogP contribution in [0.4, 0.5) is 0 Å². The molecule has 0 radical (unpaired) electrons. The van der Waals surface area contributed by atoms with Crippen LogP contribution in [0.2, 0.25) is 0 Å². The summed E-state index contributed by atoms with van der Waals surface area (Å²) in [7, 11) is 0. The molecule has 11 rings (SSSR count). The first-order valence-electron chi connectivity index (χ1n) is 13.6. The Hall–Kier alpha value is -4.81. The third-order valence-electron chi connectivity index (χ3n) is 9.63. The van der Waals surface area contributed by atoms with E-state index in [1.165, 1.54) is 109 Å². The van der Waals surface area contributed by atoms with E-state index in [0.29, 0.717) is 0 Å². The van der Waals surface area contributed by atoms with Crippen molar-refractivity contribution in [3.63, 3.8) is 0 Å². The summed E-state index contributed by atoms with van der Waals surface area (Å²) in [6, 6.07) is 35.2. The Kier molecular flexibility index (Phi) is 2.84. The van der Waals surface area contributed by atoms with Crippen LogP contribution >= 0.6 is 0 Å². The molecule has 0 atom stereocenters. The molecule has 0 aliphatic heterocycles. The lowest BCUT2D eigenvalue weighted by atomic mass is 9.68. The molecule has 170 valence electrons. The Bertz CT molecular complexity index is 2520. The lowest BCUT2D eigenvalue weighted by Crippen LogP contribution is -2.14. The third kappa shape index (κ3) is 1.87. The lowest BCUT2D eigenvalue weighted by Gasteiger charge is -2.29. The number of allylic oxidation sites excluding steroid dienone is 1. The number of fused-ring (bicyclic) bond motifs is 2. The Morgan fingerprint density at radius 1 is 0.474 bits per heavy atom. The topological polar surface area (TPSA) is 0 Å². The summed E-state index contributed by atoms with van der Waals surface area (Å²) in [6.45, 7) is 0.